The van der Waals surface area contributed by atoms with Crippen LogP contribution in [0.15, 0.2) is 0 Å². The molecule has 0 spiro atoms. The zero-order valence-electron chi connectivity index (χ0n) is 8.80. The summed E-state index contributed by atoms with van der Waals surface area (Å²) in [5, 5.41) is 3.27. The van der Waals surface area contributed by atoms with Gasteiger partial charge in [0, 0.05) is 12.1 Å². The van der Waals surface area contributed by atoms with E-state index in [0.29, 0.717) is 0 Å². The van der Waals surface area contributed by atoms with Gasteiger partial charge in [-0.05, 0) is 53.2 Å². The summed E-state index contributed by atoms with van der Waals surface area (Å²) in [6.45, 7) is 5.85. The van der Waals surface area contributed by atoms with Crippen LogP contribution in [-0.4, -0.2) is 37.6 Å². The molecule has 0 aliphatic carbocycles. The fourth-order valence-corrected chi connectivity index (χ4v) is 2.28. The monoisotopic (exact) mass is 170 g/mol. The third-order valence-corrected chi connectivity index (χ3v) is 3.23. The molecule has 2 nitrogen and oxygen atoms in total. The molecule has 1 N–H and O–H groups in total. The van der Waals surface area contributed by atoms with Crippen LogP contribution in [0.5, 0.6) is 0 Å². The summed E-state index contributed by atoms with van der Waals surface area (Å²) < 4.78 is 0. The Kier molecular flexibility index (Phi) is 3.53. The van der Waals surface area contributed by atoms with Crippen molar-refractivity contribution in [3.05, 3.63) is 0 Å². The van der Waals surface area contributed by atoms with Crippen LogP contribution in [0.2, 0.25) is 0 Å². The van der Waals surface area contributed by atoms with Gasteiger partial charge in [-0.3, -0.25) is 0 Å². The van der Waals surface area contributed by atoms with E-state index in [1.54, 1.807) is 0 Å². The van der Waals surface area contributed by atoms with Crippen molar-refractivity contribution < 1.29 is 0 Å². The van der Waals surface area contributed by atoms with Crippen molar-refractivity contribution in [2.45, 2.75) is 38.8 Å². The Hall–Kier alpha value is -0.0800. The van der Waals surface area contributed by atoms with E-state index in [9.17, 15) is 0 Å². The predicted octanol–water partition coefficient (Wildman–Crippen LogP) is 1.32. The maximum atomic E-state index is 3.27. The number of hydrogen-bond acceptors (Lipinski definition) is 2. The van der Waals surface area contributed by atoms with Gasteiger partial charge in [-0.1, -0.05) is 0 Å². The lowest BCUT2D eigenvalue weighted by Crippen LogP contribution is -2.45. The van der Waals surface area contributed by atoms with Gasteiger partial charge < -0.3 is 10.2 Å². The Morgan fingerprint density at radius 3 is 2.17 bits per heavy atom. The van der Waals surface area contributed by atoms with Gasteiger partial charge in [0.2, 0.25) is 0 Å². The summed E-state index contributed by atoms with van der Waals surface area (Å²) in [4.78, 5) is 2.49. The van der Waals surface area contributed by atoms with E-state index in [-0.39, 0.29) is 0 Å². The molecular weight excluding hydrogens is 148 g/mol. The summed E-state index contributed by atoms with van der Waals surface area (Å²) in [7, 11) is 4.29. The van der Waals surface area contributed by atoms with Gasteiger partial charge in [0.25, 0.3) is 0 Å². The van der Waals surface area contributed by atoms with Crippen molar-refractivity contribution in [2.24, 2.45) is 5.92 Å². The molecule has 1 aliphatic heterocycles. The van der Waals surface area contributed by atoms with E-state index >= 15 is 0 Å². The molecule has 0 saturated carbocycles. The quantitative estimate of drug-likeness (QED) is 0.672. The summed E-state index contributed by atoms with van der Waals surface area (Å²) in [6, 6.07) is 1.51. The minimum atomic E-state index is 0.757. The zero-order valence-corrected chi connectivity index (χ0v) is 8.80. The first kappa shape index (κ1) is 10.0. The van der Waals surface area contributed by atoms with Gasteiger partial charge in [0.1, 0.15) is 0 Å². The molecule has 0 amide bonds. The third kappa shape index (κ3) is 2.20. The normalized spacial score (nSPS) is 38.5. The molecule has 1 heterocycles. The predicted molar refractivity (Wildman–Crippen MR) is 53.3 cm³/mol. The first-order valence-corrected chi connectivity index (χ1v) is 5.01. The zero-order chi connectivity index (χ0) is 9.14. The maximum absolute atomic E-state index is 3.27. The lowest BCUT2D eigenvalue weighted by Gasteiger charge is -2.40. The molecule has 3 atom stereocenters. The highest BCUT2D eigenvalue weighted by molar-refractivity contribution is 4.82. The van der Waals surface area contributed by atoms with Gasteiger partial charge in [-0.15, -0.1) is 0 Å². The molecule has 1 saturated heterocycles. The van der Waals surface area contributed by atoms with Gasteiger partial charge >= 0.3 is 0 Å². The summed E-state index contributed by atoms with van der Waals surface area (Å²) in [6.07, 6.45) is 2.70. The van der Waals surface area contributed by atoms with Crippen molar-refractivity contribution in [1.29, 1.82) is 0 Å². The molecule has 1 unspecified atom stereocenters. The summed E-state index contributed by atoms with van der Waals surface area (Å²) in [5.74, 6) is 0.885. The molecule has 0 aromatic carbocycles. The summed E-state index contributed by atoms with van der Waals surface area (Å²) in [5.41, 5.74) is 0. The van der Waals surface area contributed by atoms with E-state index < -0.39 is 0 Å². The molecule has 72 valence electrons. The lowest BCUT2D eigenvalue weighted by molar-refractivity contribution is 0.0983. The molecule has 0 aromatic heterocycles. The fraction of sp³-hybridized carbons (Fsp3) is 1.00. The number of nitrogens with one attached hydrogen (secondary N) is 1. The van der Waals surface area contributed by atoms with Crippen molar-refractivity contribution in [3.63, 3.8) is 0 Å². The Morgan fingerprint density at radius 1 is 1.25 bits per heavy atom. The van der Waals surface area contributed by atoms with Crippen LogP contribution in [0, 0.1) is 5.92 Å². The highest BCUT2D eigenvalue weighted by atomic mass is 15.2. The topological polar surface area (TPSA) is 15.3 Å². The number of rotatable bonds is 2. The standard InChI is InChI=1S/C10H22N2/c1-8-5-10(7-11-3)6-9(2)12(8)4/h8-11H,5-7H2,1-4H3/t8-,9+,10?. The van der Waals surface area contributed by atoms with Crippen molar-refractivity contribution in [3.8, 4) is 0 Å². The van der Waals surface area contributed by atoms with E-state index in [1.807, 2.05) is 7.05 Å². The van der Waals surface area contributed by atoms with Crippen molar-refractivity contribution in [2.75, 3.05) is 20.6 Å². The Labute approximate surface area is 76.3 Å². The van der Waals surface area contributed by atoms with E-state index in [2.05, 4.69) is 31.1 Å². The lowest BCUT2D eigenvalue weighted by atomic mass is 9.87. The van der Waals surface area contributed by atoms with Crippen LogP contribution in [0.3, 0.4) is 0 Å². The first-order valence-electron chi connectivity index (χ1n) is 5.01. The number of hydrogen-bond donors (Lipinski definition) is 1. The average Bonchev–Trinajstić information content (AvgIpc) is 2.01. The van der Waals surface area contributed by atoms with E-state index in [4.69, 9.17) is 0 Å². The molecular formula is C10H22N2. The minimum absolute atomic E-state index is 0.757. The van der Waals surface area contributed by atoms with Crippen LogP contribution in [0.1, 0.15) is 26.7 Å². The van der Waals surface area contributed by atoms with Gasteiger partial charge in [-0.25, -0.2) is 0 Å². The van der Waals surface area contributed by atoms with E-state index in [0.717, 1.165) is 18.0 Å². The van der Waals surface area contributed by atoms with Crippen LogP contribution in [-0.2, 0) is 0 Å². The number of nitrogens with zero attached hydrogens (tertiary/aromatic N) is 1. The largest absolute Gasteiger partial charge is 0.319 e. The molecule has 2 heteroatoms. The van der Waals surface area contributed by atoms with Crippen LogP contribution in [0.25, 0.3) is 0 Å². The second kappa shape index (κ2) is 4.24. The summed E-state index contributed by atoms with van der Waals surface area (Å²) >= 11 is 0. The van der Waals surface area contributed by atoms with Crippen molar-refractivity contribution in [1.82, 2.24) is 10.2 Å². The second-order valence-electron chi connectivity index (χ2n) is 4.26. The average molecular weight is 170 g/mol. The van der Waals surface area contributed by atoms with Gasteiger partial charge in [0.05, 0.1) is 0 Å². The number of likely N-dealkylation sites (tertiary alicyclic amines) is 1. The maximum Gasteiger partial charge on any atom is 0.00698 e. The van der Waals surface area contributed by atoms with Crippen LogP contribution >= 0.6 is 0 Å². The number of piperidine rings is 1. The van der Waals surface area contributed by atoms with E-state index in [1.165, 1.54) is 19.4 Å². The smallest absolute Gasteiger partial charge is 0.00698 e. The van der Waals surface area contributed by atoms with Gasteiger partial charge in [-0.2, -0.15) is 0 Å². The Morgan fingerprint density at radius 2 is 1.75 bits per heavy atom. The minimum Gasteiger partial charge on any atom is -0.319 e. The Bertz CT molecular complexity index is 124. The molecule has 0 aromatic rings. The highest BCUT2D eigenvalue weighted by Gasteiger charge is 2.27. The van der Waals surface area contributed by atoms with Crippen LogP contribution in [0.4, 0.5) is 0 Å². The fourth-order valence-electron chi connectivity index (χ4n) is 2.28. The Balaban J connectivity index is 2.42. The molecule has 1 rings (SSSR count). The molecule has 1 fully saturated rings. The molecule has 0 radical (unpaired) electrons. The second-order valence-corrected chi connectivity index (χ2v) is 4.26. The SMILES string of the molecule is CNCC1C[C@@H](C)N(C)[C@@H](C)C1. The molecule has 0 bridgehead atoms. The van der Waals surface area contributed by atoms with Crippen molar-refractivity contribution >= 4 is 0 Å². The molecule has 12 heavy (non-hydrogen) atoms. The van der Waals surface area contributed by atoms with Crippen LogP contribution < -0.4 is 5.32 Å². The third-order valence-electron chi connectivity index (χ3n) is 3.23. The molecule has 1 aliphatic rings. The van der Waals surface area contributed by atoms with Gasteiger partial charge in [0.15, 0.2) is 0 Å². The first-order chi connectivity index (χ1) is 5.65. The highest BCUT2D eigenvalue weighted by Crippen LogP contribution is 2.25.